The number of fused-ring (bicyclic) bond motifs is 4. The lowest BCUT2D eigenvalue weighted by atomic mass is 9.85. The van der Waals surface area contributed by atoms with Crippen molar-refractivity contribution < 1.29 is 38.8 Å². The Morgan fingerprint density at radius 3 is 2.41 bits per heavy atom. The number of ether oxygens (including phenoxy) is 1. The third-order valence-corrected chi connectivity index (χ3v) is 6.39. The maximum absolute atomic E-state index is 13.4. The second-order valence-corrected chi connectivity index (χ2v) is 8.57. The molecule has 6 rings (SSSR count). The normalized spacial score (nSPS) is 15.0. The number of phenols is 3. The number of hydrogen-bond donors (Lipinski definition) is 4. The van der Waals surface area contributed by atoms with Crippen LogP contribution < -0.4 is 15.6 Å². The van der Waals surface area contributed by atoms with Gasteiger partial charge in [-0.15, -0.1) is 0 Å². The van der Waals surface area contributed by atoms with E-state index in [0.29, 0.717) is 5.58 Å². The first-order valence-corrected chi connectivity index (χ1v) is 11.0. The summed E-state index contributed by atoms with van der Waals surface area (Å²) in [4.78, 5) is 39.0. The van der Waals surface area contributed by atoms with E-state index in [0.717, 1.165) is 18.2 Å². The largest absolute Gasteiger partial charge is 0.507 e. The molecule has 0 fully saturated rings. The highest BCUT2D eigenvalue weighted by Gasteiger charge is 2.36. The van der Waals surface area contributed by atoms with Crippen molar-refractivity contribution in [3.8, 4) is 40.1 Å². The molecule has 0 aliphatic carbocycles. The van der Waals surface area contributed by atoms with Crippen molar-refractivity contribution in [2.75, 3.05) is 0 Å². The van der Waals surface area contributed by atoms with Gasteiger partial charge in [-0.05, 0) is 30.3 Å². The summed E-state index contributed by atoms with van der Waals surface area (Å²) in [5.74, 6) is -4.61. The molecular formula is C27H16O10. The molecule has 0 amide bonds. The van der Waals surface area contributed by atoms with E-state index >= 15 is 0 Å². The number of esters is 1. The molecular weight excluding hydrogens is 484 g/mol. The molecule has 0 spiro atoms. The van der Waals surface area contributed by atoms with E-state index in [2.05, 4.69) is 0 Å². The average Bonchev–Trinajstić information content (AvgIpc) is 2.87. The van der Waals surface area contributed by atoms with Crippen LogP contribution in [0.25, 0.3) is 33.3 Å². The van der Waals surface area contributed by atoms with Crippen LogP contribution in [0.2, 0.25) is 0 Å². The number of hydrogen-bond acceptors (Lipinski definition) is 10. The second-order valence-electron chi connectivity index (χ2n) is 8.57. The molecule has 5 aromatic rings. The van der Waals surface area contributed by atoms with Crippen LogP contribution in [0.3, 0.4) is 0 Å². The summed E-state index contributed by atoms with van der Waals surface area (Å²) < 4.78 is 16.9. The zero-order chi connectivity index (χ0) is 26.0. The van der Waals surface area contributed by atoms with Gasteiger partial charge >= 0.3 is 5.97 Å². The zero-order valence-corrected chi connectivity index (χ0v) is 18.7. The van der Waals surface area contributed by atoms with Crippen LogP contribution in [-0.4, -0.2) is 26.4 Å². The molecule has 3 aromatic carbocycles. The molecule has 0 bridgehead atoms. The minimum absolute atomic E-state index is 0.0402. The lowest BCUT2D eigenvalue weighted by Gasteiger charge is -2.25. The molecule has 3 heterocycles. The molecule has 0 unspecified atom stereocenters. The molecule has 0 saturated heterocycles. The van der Waals surface area contributed by atoms with Crippen molar-refractivity contribution in [1.29, 1.82) is 0 Å². The maximum Gasteiger partial charge on any atom is 0.312 e. The first-order valence-electron chi connectivity index (χ1n) is 11.0. The summed E-state index contributed by atoms with van der Waals surface area (Å²) >= 11 is 0. The molecule has 1 aliphatic heterocycles. The molecule has 1 aliphatic rings. The summed E-state index contributed by atoms with van der Waals surface area (Å²) in [5, 5.41) is 40.7. The highest BCUT2D eigenvalue weighted by Crippen LogP contribution is 2.47. The van der Waals surface area contributed by atoms with Crippen LogP contribution in [0.4, 0.5) is 0 Å². The average molecular weight is 500 g/mol. The van der Waals surface area contributed by atoms with Crippen molar-refractivity contribution in [2.45, 2.75) is 12.3 Å². The summed E-state index contributed by atoms with van der Waals surface area (Å²) in [6.45, 7) is 0. The quantitative estimate of drug-likeness (QED) is 0.159. The molecule has 4 N–H and O–H groups in total. The van der Waals surface area contributed by atoms with Gasteiger partial charge in [0.2, 0.25) is 11.2 Å². The van der Waals surface area contributed by atoms with E-state index in [9.17, 15) is 34.8 Å². The van der Waals surface area contributed by atoms with Crippen LogP contribution in [-0.2, 0) is 4.79 Å². The Balaban J connectivity index is 1.69. The summed E-state index contributed by atoms with van der Waals surface area (Å²) in [6, 6.07) is 11.1. The fourth-order valence-corrected chi connectivity index (χ4v) is 4.64. The predicted molar refractivity (Wildman–Crippen MR) is 129 cm³/mol. The van der Waals surface area contributed by atoms with Crippen molar-refractivity contribution >= 4 is 27.9 Å². The van der Waals surface area contributed by atoms with Crippen LogP contribution in [0, 0.1) is 0 Å². The first kappa shape index (κ1) is 22.2. The lowest BCUT2D eigenvalue weighted by Crippen LogP contribution is -2.25. The van der Waals surface area contributed by atoms with Crippen LogP contribution in [0.15, 0.2) is 73.2 Å². The molecule has 10 heteroatoms. The zero-order valence-electron chi connectivity index (χ0n) is 18.7. The molecule has 37 heavy (non-hydrogen) atoms. The third kappa shape index (κ3) is 3.30. The van der Waals surface area contributed by atoms with Gasteiger partial charge in [0.25, 0.3) is 0 Å². The topological polar surface area (TPSA) is 168 Å². The van der Waals surface area contributed by atoms with Gasteiger partial charge in [-0.2, -0.15) is 0 Å². The Morgan fingerprint density at radius 1 is 0.838 bits per heavy atom. The highest BCUT2D eigenvalue weighted by atomic mass is 16.5. The van der Waals surface area contributed by atoms with Gasteiger partial charge < -0.3 is 34.0 Å². The lowest BCUT2D eigenvalue weighted by molar-refractivity contribution is -0.135. The van der Waals surface area contributed by atoms with Crippen LogP contribution >= 0.6 is 0 Å². The molecule has 0 radical (unpaired) electrons. The Morgan fingerprint density at radius 2 is 1.62 bits per heavy atom. The number of carbonyl (C=O) groups is 1. The third-order valence-electron chi connectivity index (χ3n) is 6.39. The summed E-state index contributed by atoms with van der Waals surface area (Å²) in [7, 11) is 0. The monoisotopic (exact) mass is 500 g/mol. The van der Waals surface area contributed by atoms with E-state index in [4.69, 9.17) is 13.6 Å². The SMILES string of the molecule is O=C1C[C@H](c2coc3ccccc3c2=O)c2c(cc(O)c3c(=O)c(O)c(-c4ccc(O)c(O)c4)oc23)O1. The smallest absolute Gasteiger partial charge is 0.312 e. The van der Waals surface area contributed by atoms with E-state index < -0.39 is 51.1 Å². The number of aromatic hydroxyl groups is 4. The molecule has 1 atom stereocenters. The van der Waals surface area contributed by atoms with Gasteiger partial charge in [-0.3, -0.25) is 14.4 Å². The molecule has 10 nitrogen and oxygen atoms in total. The van der Waals surface area contributed by atoms with Gasteiger partial charge in [-0.1, -0.05) is 12.1 Å². The number of rotatable bonds is 2. The van der Waals surface area contributed by atoms with Gasteiger partial charge in [0, 0.05) is 28.7 Å². The second kappa shape index (κ2) is 7.89. The number of phenolic OH excluding ortho intramolecular Hbond substituents is 3. The Bertz CT molecular complexity index is 1900. The minimum Gasteiger partial charge on any atom is -0.507 e. The van der Waals surface area contributed by atoms with Crippen molar-refractivity contribution in [3.63, 3.8) is 0 Å². The summed E-state index contributed by atoms with van der Waals surface area (Å²) in [6.07, 6.45) is 0.934. The van der Waals surface area contributed by atoms with Gasteiger partial charge in [0.05, 0.1) is 18.1 Å². The van der Waals surface area contributed by atoms with Gasteiger partial charge in [-0.25, -0.2) is 0 Å². The molecule has 184 valence electrons. The number of para-hydroxylation sites is 1. The summed E-state index contributed by atoms with van der Waals surface area (Å²) in [5.41, 5.74) is -1.02. The van der Waals surface area contributed by atoms with E-state index in [1.165, 1.54) is 12.3 Å². The van der Waals surface area contributed by atoms with Crippen molar-refractivity contribution in [3.05, 3.63) is 86.4 Å². The predicted octanol–water partition coefficient (Wildman–Crippen LogP) is 3.83. The van der Waals surface area contributed by atoms with Gasteiger partial charge in [0.1, 0.15) is 28.1 Å². The Labute approximate surface area is 205 Å². The van der Waals surface area contributed by atoms with E-state index in [1.54, 1.807) is 24.3 Å². The van der Waals surface area contributed by atoms with Crippen molar-refractivity contribution in [2.24, 2.45) is 0 Å². The van der Waals surface area contributed by atoms with Crippen LogP contribution in [0.5, 0.6) is 28.7 Å². The highest BCUT2D eigenvalue weighted by molar-refractivity contribution is 5.94. The standard InChI is InChI=1S/C27H16O10/c28-15-6-5-11(7-16(15)29)26-25(34)24(33)22-17(30)9-19-21(27(22)37-26)13(8-20(31)36-19)14-10-35-18-4-2-1-3-12(18)23(14)32/h1-7,9-10,13,28-30,34H,8H2/t13-/m1/s1. The van der Waals surface area contributed by atoms with E-state index in [-0.39, 0.29) is 45.6 Å². The fraction of sp³-hybridized carbons (Fsp3) is 0.0741. The van der Waals surface area contributed by atoms with Crippen molar-refractivity contribution in [1.82, 2.24) is 0 Å². The number of carbonyl (C=O) groups excluding carboxylic acids is 1. The van der Waals surface area contributed by atoms with Gasteiger partial charge in [0.15, 0.2) is 22.7 Å². The van der Waals surface area contributed by atoms with Crippen LogP contribution in [0.1, 0.15) is 23.5 Å². The number of benzene rings is 3. The molecule has 0 saturated carbocycles. The minimum atomic E-state index is -0.995. The fourth-order valence-electron chi connectivity index (χ4n) is 4.64. The Hall–Kier alpha value is -5.25. The first-order chi connectivity index (χ1) is 17.7. The van der Waals surface area contributed by atoms with E-state index in [1.807, 2.05) is 0 Å². The molecule has 2 aromatic heterocycles. The Kier molecular flexibility index (Phi) is 4.74. The maximum atomic E-state index is 13.4.